The topological polar surface area (TPSA) is 76.3 Å². The molecule has 1 atom stereocenters. The first-order valence-corrected chi connectivity index (χ1v) is 8.68. The lowest BCUT2D eigenvalue weighted by Gasteiger charge is -2.37. The molecular weight excluding hydrogens is 342 g/mol. The van der Waals surface area contributed by atoms with Gasteiger partial charge >= 0.3 is 0 Å². The number of benzene rings is 2. The molecule has 0 spiro atoms. The minimum atomic E-state index is -0.483. The largest absolute Gasteiger partial charge is 0.327 e. The van der Waals surface area contributed by atoms with E-state index >= 15 is 0 Å². The van der Waals surface area contributed by atoms with Crippen molar-refractivity contribution in [2.24, 2.45) is 0 Å². The van der Waals surface area contributed by atoms with Crippen molar-refractivity contribution < 1.29 is 9.72 Å². The number of carbonyl (C=O) groups excluding carboxylic acids is 1. The van der Waals surface area contributed by atoms with Crippen molar-refractivity contribution in [3.63, 3.8) is 0 Å². The van der Waals surface area contributed by atoms with Gasteiger partial charge in [-0.2, -0.15) is 0 Å². The average molecular weight is 359 g/mol. The van der Waals surface area contributed by atoms with Crippen molar-refractivity contribution in [2.45, 2.75) is 12.5 Å². The van der Waals surface area contributed by atoms with Crippen molar-refractivity contribution >= 4 is 11.6 Å². The Balaban J connectivity index is 1.78. The van der Waals surface area contributed by atoms with E-state index in [0.29, 0.717) is 12.1 Å². The molecule has 0 saturated heterocycles. The molecule has 2 aromatic carbocycles. The maximum absolute atomic E-state index is 13.3. The van der Waals surface area contributed by atoms with Gasteiger partial charge in [-0.1, -0.05) is 30.3 Å². The SMILES string of the molecule is O=C(c1cccc([N+](=O)[O-])c1)N1CCc2ccccc2C1c1ccncc1. The maximum Gasteiger partial charge on any atom is 0.270 e. The summed E-state index contributed by atoms with van der Waals surface area (Å²) in [6, 6.07) is 17.5. The van der Waals surface area contributed by atoms with Crippen molar-refractivity contribution in [3.05, 3.63) is 105 Å². The normalized spacial score (nSPS) is 15.9. The lowest BCUT2D eigenvalue weighted by molar-refractivity contribution is -0.384. The van der Waals surface area contributed by atoms with E-state index < -0.39 is 4.92 Å². The van der Waals surface area contributed by atoms with Crippen LogP contribution < -0.4 is 0 Å². The van der Waals surface area contributed by atoms with E-state index in [1.165, 1.54) is 17.7 Å². The van der Waals surface area contributed by atoms with E-state index in [1.807, 2.05) is 30.3 Å². The van der Waals surface area contributed by atoms with Crippen LogP contribution in [0.25, 0.3) is 0 Å². The van der Waals surface area contributed by atoms with E-state index in [9.17, 15) is 14.9 Å². The van der Waals surface area contributed by atoms with Crippen LogP contribution in [0.4, 0.5) is 5.69 Å². The van der Waals surface area contributed by atoms with Crippen LogP contribution in [-0.2, 0) is 6.42 Å². The molecule has 134 valence electrons. The average Bonchev–Trinajstić information content (AvgIpc) is 2.73. The third-order valence-corrected chi connectivity index (χ3v) is 4.87. The van der Waals surface area contributed by atoms with Gasteiger partial charge in [-0.25, -0.2) is 0 Å². The summed E-state index contributed by atoms with van der Waals surface area (Å²) in [5.74, 6) is -0.213. The number of nitro benzene ring substituents is 1. The number of non-ortho nitro benzene ring substituents is 1. The number of amides is 1. The van der Waals surface area contributed by atoms with Crippen LogP contribution in [0.3, 0.4) is 0 Å². The summed E-state index contributed by atoms with van der Waals surface area (Å²) in [4.78, 5) is 29.7. The maximum atomic E-state index is 13.3. The van der Waals surface area contributed by atoms with Crippen LogP contribution in [0.1, 0.15) is 33.1 Å². The van der Waals surface area contributed by atoms with Gasteiger partial charge in [-0.15, -0.1) is 0 Å². The van der Waals surface area contributed by atoms with Crippen LogP contribution in [0.2, 0.25) is 0 Å². The molecule has 1 amide bonds. The molecule has 0 aliphatic carbocycles. The lowest BCUT2D eigenvalue weighted by atomic mass is 9.88. The number of nitrogens with zero attached hydrogens (tertiary/aromatic N) is 3. The molecule has 6 nitrogen and oxygen atoms in total. The zero-order chi connectivity index (χ0) is 18.8. The summed E-state index contributed by atoms with van der Waals surface area (Å²) < 4.78 is 0. The standard InChI is InChI=1S/C21H17N3O3/c25-21(17-5-3-6-18(14-17)24(26)27)23-13-10-15-4-1-2-7-19(15)20(23)16-8-11-22-12-9-16/h1-9,11-12,14,20H,10,13H2. The zero-order valence-corrected chi connectivity index (χ0v) is 14.5. The van der Waals surface area contributed by atoms with E-state index in [2.05, 4.69) is 11.1 Å². The van der Waals surface area contributed by atoms with E-state index in [1.54, 1.807) is 29.4 Å². The second-order valence-corrected chi connectivity index (χ2v) is 6.44. The van der Waals surface area contributed by atoms with Crippen LogP contribution in [0, 0.1) is 10.1 Å². The van der Waals surface area contributed by atoms with Gasteiger partial charge in [0.05, 0.1) is 11.0 Å². The van der Waals surface area contributed by atoms with E-state index in [0.717, 1.165) is 17.5 Å². The van der Waals surface area contributed by atoms with Gasteiger partial charge in [0.15, 0.2) is 0 Å². The number of pyridine rings is 1. The smallest absolute Gasteiger partial charge is 0.270 e. The highest BCUT2D eigenvalue weighted by Gasteiger charge is 2.32. The van der Waals surface area contributed by atoms with Crippen LogP contribution in [0.15, 0.2) is 73.1 Å². The molecule has 1 aliphatic heterocycles. The molecule has 27 heavy (non-hydrogen) atoms. The Morgan fingerprint density at radius 1 is 1.07 bits per heavy atom. The minimum absolute atomic E-state index is 0.0845. The van der Waals surface area contributed by atoms with Gasteiger partial charge in [0.25, 0.3) is 11.6 Å². The summed E-state index contributed by atoms with van der Waals surface area (Å²) in [5.41, 5.74) is 3.49. The molecular formula is C21H17N3O3. The summed E-state index contributed by atoms with van der Waals surface area (Å²) in [7, 11) is 0. The quantitative estimate of drug-likeness (QED) is 0.527. The zero-order valence-electron chi connectivity index (χ0n) is 14.5. The highest BCUT2D eigenvalue weighted by molar-refractivity contribution is 5.95. The second kappa shape index (κ2) is 6.99. The molecule has 0 radical (unpaired) electrons. The van der Waals surface area contributed by atoms with Crippen LogP contribution >= 0.6 is 0 Å². The lowest BCUT2D eigenvalue weighted by Crippen LogP contribution is -2.40. The molecule has 1 aromatic heterocycles. The molecule has 3 aromatic rings. The second-order valence-electron chi connectivity index (χ2n) is 6.44. The van der Waals surface area contributed by atoms with E-state index in [-0.39, 0.29) is 17.6 Å². The molecule has 0 bridgehead atoms. The minimum Gasteiger partial charge on any atom is -0.327 e. The van der Waals surface area contributed by atoms with Gasteiger partial charge in [0.1, 0.15) is 0 Å². The molecule has 0 fully saturated rings. The van der Waals surface area contributed by atoms with Gasteiger partial charge in [-0.3, -0.25) is 19.9 Å². The predicted octanol–water partition coefficient (Wildman–Crippen LogP) is 3.78. The van der Waals surface area contributed by atoms with Gasteiger partial charge < -0.3 is 4.90 Å². The van der Waals surface area contributed by atoms with Gasteiger partial charge in [-0.05, 0) is 41.3 Å². The Hall–Kier alpha value is -3.54. The Morgan fingerprint density at radius 3 is 2.63 bits per heavy atom. The fourth-order valence-electron chi connectivity index (χ4n) is 3.61. The number of carbonyl (C=O) groups is 1. The monoisotopic (exact) mass is 359 g/mol. The summed E-state index contributed by atoms with van der Waals surface area (Å²) in [6.07, 6.45) is 4.17. The Labute approximate surface area is 156 Å². The summed E-state index contributed by atoms with van der Waals surface area (Å²) in [6.45, 7) is 0.547. The third kappa shape index (κ3) is 3.17. The third-order valence-electron chi connectivity index (χ3n) is 4.87. The Bertz CT molecular complexity index is 1000. The molecule has 2 heterocycles. The molecule has 0 N–H and O–H groups in total. The van der Waals surface area contributed by atoms with Gasteiger partial charge in [0, 0.05) is 36.6 Å². The Kier molecular flexibility index (Phi) is 4.38. The fourth-order valence-corrected chi connectivity index (χ4v) is 3.61. The first-order chi connectivity index (χ1) is 13.1. The van der Waals surface area contributed by atoms with Gasteiger partial charge in [0.2, 0.25) is 0 Å². The summed E-state index contributed by atoms with van der Waals surface area (Å²) in [5, 5.41) is 11.1. The fraction of sp³-hybridized carbons (Fsp3) is 0.143. The van der Waals surface area contributed by atoms with Crippen LogP contribution in [0.5, 0.6) is 0 Å². The highest BCUT2D eigenvalue weighted by atomic mass is 16.6. The highest BCUT2D eigenvalue weighted by Crippen LogP contribution is 2.36. The Morgan fingerprint density at radius 2 is 1.85 bits per heavy atom. The number of hydrogen-bond donors (Lipinski definition) is 0. The predicted molar refractivity (Wildman–Crippen MR) is 100 cm³/mol. The number of nitro groups is 1. The summed E-state index contributed by atoms with van der Waals surface area (Å²) >= 11 is 0. The van der Waals surface area contributed by atoms with Crippen molar-refractivity contribution in [1.29, 1.82) is 0 Å². The first kappa shape index (κ1) is 16.9. The van der Waals surface area contributed by atoms with Crippen molar-refractivity contribution in [1.82, 2.24) is 9.88 Å². The number of fused-ring (bicyclic) bond motifs is 1. The van der Waals surface area contributed by atoms with E-state index in [4.69, 9.17) is 0 Å². The molecule has 1 unspecified atom stereocenters. The number of aromatic nitrogens is 1. The molecule has 4 rings (SSSR count). The number of rotatable bonds is 3. The van der Waals surface area contributed by atoms with Crippen molar-refractivity contribution in [2.75, 3.05) is 6.54 Å². The molecule has 6 heteroatoms. The molecule has 1 aliphatic rings. The number of hydrogen-bond acceptors (Lipinski definition) is 4. The van der Waals surface area contributed by atoms with Crippen molar-refractivity contribution in [3.8, 4) is 0 Å². The molecule has 0 saturated carbocycles. The van der Waals surface area contributed by atoms with Crippen LogP contribution in [-0.4, -0.2) is 27.3 Å². The first-order valence-electron chi connectivity index (χ1n) is 8.68.